The second-order valence-electron chi connectivity index (χ2n) is 3.83. The van der Waals surface area contributed by atoms with Gasteiger partial charge >= 0.3 is 0 Å². The fourth-order valence-electron chi connectivity index (χ4n) is 1.90. The summed E-state index contributed by atoms with van der Waals surface area (Å²) in [5.74, 6) is 1.06. The SMILES string of the molecule is CCO[C]1[CH][CH]C2(C)[C]1[CH][CH][CH][CH]C2=O. The van der Waals surface area contributed by atoms with E-state index in [0.29, 0.717) is 6.61 Å². The van der Waals surface area contributed by atoms with Crippen molar-refractivity contribution in [1.82, 2.24) is 0 Å². The van der Waals surface area contributed by atoms with E-state index in [1.165, 1.54) is 0 Å². The van der Waals surface area contributed by atoms with Crippen molar-refractivity contribution >= 4 is 5.78 Å². The lowest BCUT2D eigenvalue weighted by atomic mass is 9.75. The van der Waals surface area contributed by atoms with Crippen molar-refractivity contribution in [1.29, 1.82) is 0 Å². The number of fused-ring (bicyclic) bond motifs is 1. The molecule has 2 aliphatic rings. The molecule has 0 heterocycles. The molecule has 0 amide bonds. The Morgan fingerprint density at radius 2 is 2.00 bits per heavy atom. The van der Waals surface area contributed by atoms with E-state index >= 15 is 0 Å². The van der Waals surface area contributed by atoms with Gasteiger partial charge in [0.25, 0.3) is 0 Å². The molecule has 2 rings (SSSR count). The summed E-state index contributed by atoms with van der Waals surface area (Å²) in [5, 5.41) is 0. The van der Waals surface area contributed by atoms with Crippen molar-refractivity contribution < 1.29 is 9.53 Å². The van der Waals surface area contributed by atoms with Gasteiger partial charge in [-0.2, -0.15) is 0 Å². The molecule has 0 saturated heterocycles. The second kappa shape index (κ2) is 4.25. The lowest BCUT2D eigenvalue weighted by Gasteiger charge is -2.28. The summed E-state index contributed by atoms with van der Waals surface area (Å²) in [5.41, 5.74) is -0.534. The smallest absolute Gasteiger partial charge is 0.143 e. The average Bonchev–Trinajstić information content (AvgIpc) is 2.45. The van der Waals surface area contributed by atoms with Gasteiger partial charge < -0.3 is 4.74 Å². The van der Waals surface area contributed by atoms with E-state index < -0.39 is 5.41 Å². The fraction of sp³-hybridized carbons (Fsp3) is 0.308. The van der Waals surface area contributed by atoms with E-state index in [-0.39, 0.29) is 5.78 Å². The Bertz CT molecular complexity index is 249. The molecule has 2 aliphatic carbocycles. The van der Waals surface area contributed by atoms with Gasteiger partial charge in [0, 0.05) is 30.8 Å². The van der Waals surface area contributed by atoms with Gasteiger partial charge in [0.05, 0.1) is 0 Å². The Labute approximate surface area is 92.4 Å². The van der Waals surface area contributed by atoms with Gasteiger partial charge in [0.2, 0.25) is 0 Å². The standard InChI is InChI=1S/C13H14O2/c1-3-15-11-8-9-13(2)10(11)6-4-5-7-12(13)14/h4-9H,3H2,1-2H3. The number of hydrogen-bond donors (Lipinski definition) is 0. The van der Waals surface area contributed by atoms with E-state index in [4.69, 9.17) is 4.74 Å². The van der Waals surface area contributed by atoms with Crippen LogP contribution in [0.2, 0.25) is 0 Å². The second-order valence-corrected chi connectivity index (χ2v) is 3.83. The van der Waals surface area contributed by atoms with Gasteiger partial charge in [0.1, 0.15) is 11.9 Å². The Morgan fingerprint density at radius 3 is 2.73 bits per heavy atom. The minimum absolute atomic E-state index is 0.105. The molecule has 1 atom stereocenters. The third-order valence-corrected chi connectivity index (χ3v) is 2.83. The highest BCUT2D eigenvalue weighted by molar-refractivity contribution is 5.99. The summed E-state index contributed by atoms with van der Waals surface area (Å²) in [6.07, 6.45) is 11.8. The van der Waals surface area contributed by atoms with E-state index in [1.54, 1.807) is 12.8 Å². The normalized spacial score (nSPS) is 34.1. The maximum absolute atomic E-state index is 11.9. The lowest BCUT2D eigenvalue weighted by Crippen LogP contribution is -2.31. The summed E-state index contributed by atoms with van der Waals surface area (Å²) in [4.78, 5) is 11.9. The summed E-state index contributed by atoms with van der Waals surface area (Å²) < 4.78 is 5.50. The molecule has 2 heteroatoms. The van der Waals surface area contributed by atoms with Crippen molar-refractivity contribution in [2.24, 2.45) is 5.41 Å². The van der Waals surface area contributed by atoms with Crippen LogP contribution < -0.4 is 0 Å². The summed E-state index contributed by atoms with van der Waals surface area (Å²) in [6.45, 7) is 4.49. The minimum atomic E-state index is -0.534. The predicted octanol–water partition coefficient (Wildman–Crippen LogP) is 1.96. The molecule has 0 N–H and O–H groups in total. The van der Waals surface area contributed by atoms with Crippen LogP contribution in [0.5, 0.6) is 0 Å². The first-order valence-corrected chi connectivity index (χ1v) is 5.14. The van der Waals surface area contributed by atoms with Crippen LogP contribution in [0.25, 0.3) is 0 Å². The number of carbonyl (C=O) groups excluding carboxylic acids is 1. The zero-order valence-corrected chi connectivity index (χ0v) is 8.99. The van der Waals surface area contributed by atoms with E-state index in [1.807, 2.05) is 39.5 Å². The van der Waals surface area contributed by atoms with Crippen LogP contribution in [0.4, 0.5) is 0 Å². The number of carbonyl (C=O) groups is 1. The van der Waals surface area contributed by atoms with Crippen LogP contribution in [-0.2, 0) is 9.53 Å². The highest BCUT2D eigenvalue weighted by atomic mass is 16.5. The topological polar surface area (TPSA) is 26.3 Å². The highest BCUT2D eigenvalue weighted by Gasteiger charge is 2.52. The van der Waals surface area contributed by atoms with Gasteiger partial charge in [-0.15, -0.1) is 0 Å². The van der Waals surface area contributed by atoms with Crippen molar-refractivity contribution in [3.63, 3.8) is 0 Å². The van der Waals surface area contributed by atoms with E-state index in [9.17, 15) is 4.79 Å². The highest BCUT2D eigenvalue weighted by Crippen LogP contribution is 2.52. The summed E-state index contributed by atoms with van der Waals surface area (Å²) in [6, 6.07) is 0. The Balaban J connectivity index is 2.17. The lowest BCUT2D eigenvalue weighted by molar-refractivity contribution is -0.121. The molecule has 15 heavy (non-hydrogen) atoms. The molecular weight excluding hydrogens is 188 g/mol. The first-order chi connectivity index (χ1) is 7.18. The number of ether oxygens (including phenoxy) is 1. The number of hydrogen-bond acceptors (Lipinski definition) is 2. The number of Topliss-reactive ketones (excluding diaryl/α,β-unsaturated/α-hetero) is 1. The third kappa shape index (κ3) is 1.84. The van der Waals surface area contributed by atoms with Crippen molar-refractivity contribution in [2.75, 3.05) is 6.61 Å². The van der Waals surface area contributed by atoms with Gasteiger partial charge in [-0.1, -0.05) is 6.92 Å². The Hall–Kier alpha value is -0.370. The molecule has 2 nitrogen and oxygen atoms in total. The van der Waals surface area contributed by atoms with Gasteiger partial charge in [-0.3, -0.25) is 4.79 Å². The fourth-order valence-corrected chi connectivity index (χ4v) is 1.90. The molecule has 8 radical (unpaired) electrons. The van der Waals surface area contributed by atoms with Crippen LogP contribution in [0.15, 0.2) is 0 Å². The molecule has 0 aromatic carbocycles. The molecule has 2 saturated carbocycles. The van der Waals surface area contributed by atoms with Crippen LogP contribution in [0.1, 0.15) is 13.8 Å². The number of ketones is 1. The van der Waals surface area contributed by atoms with Crippen molar-refractivity contribution in [2.45, 2.75) is 13.8 Å². The molecular formula is C13H14O2. The quantitative estimate of drug-likeness (QED) is 0.684. The molecule has 0 spiro atoms. The molecule has 0 bridgehead atoms. The largest absolute Gasteiger partial charge is 0.371 e. The van der Waals surface area contributed by atoms with Crippen LogP contribution in [0, 0.1) is 56.0 Å². The maximum atomic E-state index is 11.9. The first-order valence-electron chi connectivity index (χ1n) is 5.14. The Morgan fingerprint density at radius 1 is 1.27 bits per heavy atom. The van der Waals surface area contributed by atoms with Crippen molar-refractivity contribution in [3.8, 4) is 0 Å². The molecule has 78 valence electrons. The Kier molecular flexibility index (Phi) is 3.15. The third-order valence-electron chi connectivity index (χ3n) is 2.83. The van der Waals surface area contributed by atoms with Gasteiger partial charge in [-0.05, 0) is 32.6 Å². The minimum Gasteiger partial charge on any atom is -0.371 e. The monoisotopic (exact) mass is 202 g/mol. The summed E-state index contributed by atoms with van der Waals surface area (Å²) in [7, 11) is 0. The average molecular weight is 202 g/mol. The van der Waals surface area contributed by atoms with Crippen molar-refractivity contribution in [3.05, 3.63) is 50.5 Å². The molecule has 1 unspecified atom stereocenters. The van der Waals surface area contributed by atoms with Gasteiger partial charge in [0.15, 0.2) is 0 Å². The first kappa shape index (κ1) is 11.1. The van der Waals surface area contributed by atoms with Crippen LogP contribution in [0.3, 0.4) is 0 Å². The van der Waals surface area contributed by atoms with E-state index in [2.05, 4.69) is 0 Å². The zero-order valence-electron chi connectivity index (χ0n) is 8.99. The molecule has 0 aromatic heterocycles. The van der Waals surface area contributed by atoms with E-state index in [0.717, 1.165) is 12.0 Å². The molecule has 2 fully saturated rings. The molecule has 0 aliphatic heterocycles. The van der Waals surface area contributed by atoms with Crippen LogP contribution in [-0.4, -0.2) is 12.4 Å². The predicted molar refractivity (Wildman–Crippen MR) is 57.0 cm³/mol. The van der Waals surface area contributed by atoms with Gasteiger partial charge in [-0.25, -0.2) is 0 Å². The molecule has 0 aromatic rings. The number of rotatable bonds is 2. The van der Waals surface area contributed by atoms with Crippen LogP contribution >= 0.6 is 0 Å². The maximum Gasteiger partial charge on any atom is 0.143 e. The zero-order chi connectivity index (χ0) is 10.9. The summed E-state index contributed by atoms with van der Waals surface area (Å²) >= 11 is 0.